The van der Waals surface area contributed by atoms with E-state index in [9.17, 15) is 9.00 Å². The molecule has 0 amide bonds. The molecule has 0 radical (unpaired) electrons. The normalized spacial score (nSPS) is 15.4. The Morgan fingerprint density at radius 3 is 2.36 bits per heavy atom. The number of aromatic nitrogens is 4. The highest BCUT2D eigenvalue weighted by atomic mass is 32.2. The summed E-state index contributed by atoms with van der Waals surface area (Å²) < 4.78 is 16.0. The zero-order valence-electron chi connectivity index (χ0n) is 18.3. The van der Waals surface area contributed by atoms with Crippen LogP contribution in [0.5, 0.6) is 0 Å². The fraction of sp³-hybridized carbons (Fsp3) is 0.273. The molecule has 1 unspecified atom stereocenters. The molecule has 33 heavy (non-hydrogen) atoms. The lowest BCUT2D eigenvalue weighted by molar-refractivity contribution is 0.601. The topological polar surface area (TPSA) is 87.5 Å². The minimum absolute atomic E-state index is 0.209. The summed E-state index contributed by atoms with van der Waals surface area (Å²) in [5.41, 5.74) is 0.239. The molecule has 0 aliphatic carbocycles. The van der Waals surface area contributed by atoms with Crippen LogP contribution in [0.3, 0.4) is 0 Å². The Morgan fingerprint density at radius 2 is 1.73 bits per heavy atom. The Kier molecular flexibility index (Phi) is 5.92. The lowest BCUT2D eigenvalue weighted by Gasteiger charge is -2.36. The summed E-state index contributed by atoms with van der Waals surface area (Å²) in [6.45, 7) is 3.24. The Morgan fingerprint density at radius 1 is 0.970 bits per heavy atom. The van der Waals surface area contributed by atoms with Crippen LogP contribution < -0.4 is 15.2 Å². The van der Waals surface area contributed by atoms with E-state index < -0.39 is 11.0 Å². The third-order valence-corrected chi connectivity index (χ3v) is 7.63. The molecule has 1 aliphatic heterocycles. The van der Waals surface area contributed by atoms with Crippen LogP contribution >= 0.6 is 11.3 Å². The molecule has 5 rings (SSSR count). The predicted octanol–water partition coefficient (Wildman–Crippen LogP) is 2.15. The predicted molar refractivity (Wildman–Crippen MR) is 132 cm³/mol. The van der Waals surface area contributed by atoms with Crippen LogP contribution in [0.2, 0.25) is 0 Å². The van der Waals surface area contributed by atoms with E-state index in [-0.39, 0.29) is 10.3 Å². The molecule has 5 heterocycles. The number of hydrogen-bond donors (Lipinski definition) is 0. The van der Waals surface area contributed by atoms with Gasteiger partial charge in [-0.05, 0) is 38.4 Å². The molecule has 9 nitrogen and oxygen atoms in total. The summed E-state index contributed by atoms with van der Waals surface area (Å²) in [6, 6.07) is 9.58. The molecule has 0 saturated carbocycles. The molecule has 11 heteroatoms. The Balaban J connectivity index is 1.52. The number of thiazole rings is 1. The van der Waals surface area contributed by atoms with E-state index in [1.807, 2.05) is 35.8 Å². The molecule has 1 saturated heterocycles. The largest absolute Gasteiger partial charge is 0.353 e. The molecular formula is C22H23N7O2S2. The molecule has 4 aromatic heterocycles. The monoisotopic (exact) mass is 481 g/mol. The van der Waals surface area contributed by atoms with Crippen molar-refractivity contribution in [1.29, 1.82) is 0 Å². The maximum atomic E-state index is 13.2. The Labute approximate surface area is 197 Å². The highest BCUT2D eigenvalue weighted by molar-refractivity contribution is 7.82. The number of hydrogen-bond acceptors (Lipinski definition) is 8. The van der Waals surface area contributed by atoms with Crippen LogP contribution in [-0.2, 0) is 11.0 Å². The van der Waals surface area contributed by atoms with Gasteiger partial charge < -0.3 is 9.80 Å². The SMILES string of the molecule is CN(C)S(=O)c1cn(-c2nccs2)c2nc(N3CCN(c4ccccn4)CC3)ccc2c1=O. The van der Waals surface area contributed by atoms with Gasteiger partial charge in [-0.15, -0.1) is 11.3 Å². The van der Waals surface area contributed by atoms with Gasteiger partial charge in [0.15, 0.2) is 10.8 Å². The first kappa shape index (κ1) is 21.7. The standard InChI is InChI=1S/C22H23N7O2S2/c1-26(2)33(31)17-15-29(22-24-9-14-32-22)21-16(20(17)30)6-7-19(25-21)28-12-10-27(11-13-28)18-5-3-4-8-23-18/h3-9,14-15H,10-13H2,1-2H3. The molecule has 0 bridgehead atoms. The first-order valence-electron chi connectivity index (χ1n) is 10.5. The van der Waals surface area contributed by atoms with Crippen LogP contribution in [-0.4, -0.2) is 68.3 Å². The van der Waals surface area contributed by atoms with E-state index in [4.69, 9.17) is 4.98 Å². The zero-order valence-corrected chi connectivity index (χ0v) is 19.9. The van der Waals surface area contributed by atoms with E-state index in [0.29, 0.717) is 16.2 Å². The summed E-state index contributed by atoms with van der Waals surface area (Å²) in [5, 5.41) is 2.96. The maximum Gasteiger partial charge on any atom is 0.208 e. The van der Waals surface area contributed by atoms with Crippen LogP contribution in [0.4, 0.5) is 11.6 Å². The van der Waals surface area contributed by atoms with Crippen molar-refractivity contribution in [2.45, 2.75) is 4.90 Å². The molecule has 0 aromatic carbocycles. The number of nitrogens with zero attached hydrogens (tertiary/aromatic N) is 7. The molecule has 1 fully saturated rings. The average Bonchev–Trinajstić information content (AvgIpc) is 3.39. The van der Waals surface area contributed by atoms with Crippen LogP contribution in [0.15, 0.2) is 64.0 Å². The number of piperazine rings is 1. The highest BCUT2D eigenvalue weighted by Crippen LogP contribution is 2.24. The van der Waals surface area contributed by atoms with Crippen LogP contribution in [0, 0.1) is 0 Å². The summed E-state index contributed by atoms with van der Waals surface area (Å²) >= 11 is 1.43. The van der Waals surface area contributed by atoms with Gasteiger partial charge in [0.05, 0.1) is 5.39 Å². The minimum atomic E-state index is -1.58. The molecule has 4 aromatic rings. The van der Waals surface area contributed by atoms with E-state index in [0.717, 1.165) is 37.8 Å². The van der Waals surface area contributed by atoms with E-state index >= 15 is 0 Å². The second kappa shape index (κ2) is 9.00. The molecule has 1 aliphatic rings. The number of rotatable bonds is 5. The third kappa shape index (κ3) is 4.14. The van der Waals surface area contributed by atoms with Crippen molar-refractivity contribution in [2.24, 2.45) is 0 Å². The van der Waals surface area contributed by atoms with Crippen molar-refractivity contribution in [1.82, 2.24) is 23.8 Å². The van der Waals surface area contributed by atoms with Crippen molar-refractivity contribution >= 4 is 45.0 Å². The minimum Gasteiger partial charge on any atom is -0.353 e. The molecule has 1 atom stereocenters. The zero-order chi connectivity index (χ0) is 22.9. The smallest absolute Gasteiger partial charge is 0.208 e. The van der Waals surface area contributed by atoms with Gasteiger partial charge in [0.2, 0.25) is 5.43 Å². The van der Waals surface area contributed by atoms with Crippen molar-refractivity contribution in [2.75, 3.05) is 50.1 Å². The van der Waals surface area contributed by atoms with Gasteiger partial charge in [0.25, 0.3) is 0 Å². The van der Waals surface area contributed by atoms with Gasteiger partial charge >= 0.3 is 0 Å². The van der Waals surface area contributed by atoms with E-state index in [2.05, 4.69) is 19.8 Å². The van der Waals surface area contributed by atoms with E-state index in [1.54, 1.807) is 37.1 Å². The van der Waals surface area contributed by atoms with Gasteiger partial charge in [-0.3, -0.25) is 9.36 Å². The summed E-state index contributed by atoms with van der Waals surface area (Å²) in [6.07, 6.45) is 5.12. The fourth-order valence-electron chi connectivity index (χ4n) is 3.85. The quantitative estimate of drug-likeness (QED) is 0.432. The van der Waals surface area contributed by atoms with Gasteiger partial charge in [-0.25, -0.2) is 23.5 Å². The van der Waals surface area contributed by atoms with Crippen molar-refractivity contribution in [3.05, 3.63) is 64.5 Å². The first-order valence-corrected chi connectivity index (χ1v) is 12.5. The number of fused-ring (bicyclic) bond motifs is 1. The van der Waals surface area contributed by atoms with Crippen LogP contribution in [0.1, 0.15) is 0 Å². The number of pyridine rings is 3. The first-order chi connectivity index (χ1) is 16.0. The fourth-order valence-corrected chi connectivity index (χ4v) is 5.33. The molecule has 0 N–H and O–H groups in total. The van der Waals surface area contributed by atoms with E-state index in [1.165, 1.54) is 15.6 Å². The molecule has 170 valence electrons. The van der Waals surface area contributed by atoms with Gasteiger partial charge in [0.1, 0.15) is 27.5 Å². The van der Waals surface area contributed by atoms with Crippen molar-refractivity contribution in [3.63, 3.8) is 0 Å². The summed E-state index contributed by atoms with van der Waals surface area (Å²) in [4.78, 5) is 31.6. The van der Waals surface area contributed by atoms with Gasteiger partial charge in [-0.2, -0.15) is 0 Å². The second-order valence-electron chi connectivity index (χ2n) is 7.77. The molecule has 0 spiro atoms. The second-order valence-corrected chi connectivity index (χ2v) is 10.3. The molecular weight excluding hydrogens is 458 g/mol. The van der Waals surface area contributed by atoms with Crippen LogP contribution in [0.25, 0.3) is 16.2 Å². The van der Waals surface area contributed by atoms with Crippen molar-refractivity contribution < 1.29 is 4.21 Å². The van der Waals surface area contributed by atoms with Crippen molar-refractivity contribution in [3.8, 4) is 5.13 Å². The van der Waals surface area contributed by atoms with Gasteiger partial charge in [-0.1, -0.05) is 6.07 Å². The summed E-state index contributed by atoms with van der Waals surface area (Å²) in [7, 11) is 1.78. The average molecular weight is 482 g/mol. The van der Waals surface area contributed by atoms with Gasteiger partial charge in [0, 0.05) is 50.1 Å². The lowest BCUT2D eigenvalue weighted by Crippen LogP contribution is -2.47. The Bertz CT molecular complexity index is 1350. The highest BCUT2D eigenvalue weighted by Gasteiger charge is 2.22. The Hall–Kier alpha value is -3.15. The maximum absolute atomic E-state index is 13.2. The number of anilines is 2. The third-order valence-electron chi connectivity index (χ3n) is 5.53. The summed E-state index contributed by atoms with van der Waals surface area (Å²) in [5.74, 6) is 1.78. The lowest BCUT2D eigenvalue weighted by atomic mass is 10.2.